The highest BCUT2D eigenvalue weighted by atomic mass is 14.9. The predicted octanol–water partition coefficient (Wildman–Crippen LogP) is 4.41. The monoisotopic (exact) mass is 248 g/mol. The molecule has 19 heavy (non-hydrogen) atoms. The van der Waals surface area contributed by atoms with E-state index in [0.717, 1.165) is 16.6 Å². The van der Waals surface area contributed by atoms with Crippen molar-refractivity contribution >= 4 is 16.6 Å². The number of rotatable bonds is 3. The van der Waals surface area contributed by atoms with Crippen molar-refractivity contribution in [3.8, 4) is 0 Å². The van der Waals surface area contributed by atoms with Gasteiger partial charge < -0.3 is 5.32 Å². The maximum atomic E-state index is 4.47. The minimum Gasteiger partial charge on any atom is -0.377 e. The van der Waals surface area contributed by atoms with Gasteiger partial charge in [0, 0.05) is 17.6 Å². The lowest BCUT2D eigenvalue weighted by Crippen LogP contribution is -2.06. The summed E-state index contributed by atoms with van der Waals surface area (Å²) in [5, 5.41) is 4.70. The van der Waals surface area contributed by atoms with Crippen molar-refractivity contribution < 1.29 is 0 Å². The molecular formula is C17H16N2. The minimum absolute atomic E-state index is 0.258. The molecule has 1 heterocycles. The Balaban J connectivity index is 1.94. The molecule has 0 saturated carbocycles. The number of para-hydroxylation sites is 1. The second kappa shape index (κ2) is 5.11. The Morgan fingerprint density at radius 1 is 0.895 bits per heavy atom. The predicted molar refractivity (Wildman–Crippen MR) is 80.2 cm³/mol. The quantitative estimate of drug-likeness (QED) is 0.742. The molecule has 3 aromatic rings. The number of hydrogen-bond acceptors (Lipinski definition) is 2. The normalized spacial score (nSPS) is 12.3. The van der Waals surface area contributed by atoms with Gasteiger partial charge in [0.05, 0.1) is 11.2 Å². The highest BCUT2D eigenvalue weighted by Crippen LogP contribution is 2.25. The minimum atomic E-state index is 0.258. The number of fused-ring (bicyclic) bond motifs is 1. The number of aromatic nitrogens is 1. The van der Waals surface area contributed by atoms with E-state index >= 15 is 0 Å². The van der Waals surface area contributed by atoms with Gasteiger partial charge in [0.15, 0.2) is 0 Å². The Morgan fingerprint density at radius 3 is 2.53 bits per heavy atom. The lowest BCUT2D eigenvalue weighted by atomic mass is 10.1. The molecule has 1 N–H and O–H groups in total. The van der Waals surface area contributed by atoms with Gasteiger partial charge in [-0.25, -0.2) is 0 Å². The van der Waals surface area contributed by atoms with Crippen molar-refractivity contribution in [2.45, 2.75) is 13.0 Å². The largest absolute Gasteiger partial charge is 0.377 e. The van der Waals surface area contributed by atoms with E-state index < -0.39 is 0 Å². The van der Waals surface area contributed by atoms with E-state index in [1.807, 2.05) is 18.3 Å². The van der Waals surface area contributed by atoms with Gasteiger partial charge in [0.1, 0.15) is 0 Å². The van der Waals surface area contributed by atoms with Gasteiger partial charge in [-0.15, -0.1) is 0 Å². The van der Waals surface area contributed by atoms with Gasteiger partial charge in [-0.1, -0.05) is 48.5 Å². The molecule has 1 atom stereocenters. The van der Waals surface area contributed by atoms with E-state index in [1.54, 1.807) is 0 Å². The van der Waals surface area contributed by atoms with E-state index in [4.69, 9.17) is 0 Å². The fourth-order valence-electron chi connectivity index (χ4n) is 2.28. The van der Waals surface area contributed by atoms with E-state index in [9.17, 15) is 0 Å². The van der Waals surface area contributed by atoms with Crippen LogP contribution in [0.3, 0.4) is 0 Å². The molecule has 0 spiro atoms. The van der Waals surface area contributed by atoms with Gasteiger partial charge in [-0.2, -0.15) is 0 Å². The van der Waals surface area contributed by atoms with Crippen LogP contribution in [-0.4, -0.2) is 4.98 Å². The fraction of sp³-hybridized carbons (Fsp3) is 0.118. The molecule has 94 valence electrons. The first-order valence-electron chi connectivity index (χ1n) is 6.50. The third kappa shape index (κ3) is 2.43. The molecule has 0 amide bonds. The smallest absolute Gasteiger partial charge is 0.0933 e. The summed E-state index contributed by atoms with van der Waals surface area (Å²) in [6.07, 6.45) is 1.83. The molecular weight excluding hydrogens is 232 g/mol. The lowest BCUT2D eigenvalue weighted by Gasteiger charge is -2.16. The van der Waals surface area contributed by atoms with Crippen LogP contribution < -0.4 is 5.32 Å². The third-order valence-corrected chi connectivity index (χ3v) is 3.30. The summed E-state index contributed by atoms with van der Waals surface area (Å²) in [6.45, 7) is 2.16. The Morgan fingerprint density at radius 2 is 1.68 bits per heavy atom. The number of anilines is 1. The molecule has 1 aromatic heterocycles. The van der Waals surface area contributed by atoms with Gasteiger partial charge in [-0.05, 0) is 24.6 Å². The number of pyridine rings is 1. The molecule has 0 aliphatic rings. The second-order valence-corrected chi connectivity index (χ2v) is 4.66. The standard InChI is InChI=1S/C17H16N2/c1-13(14-7-3-2-4-8-14)19-16-11-5-9-15-10-6-12-18-17(15)16/h2-13,19H,1H3. The first kappa shape index (κ1) is 11.7. The SMILES string of the molecule is CC(Nc1cccc2cccnc12)c1ccccc1. The van der Waals surface area contributed by atoms with Crippen LogP contribution in [-0.2, 0) is 0 Å². The van der Waals surface area contributed by atoms with Crippen LogP contribution in [0.15, 0.2) is 66.9 Å². The van der Waals surface area contributed by atoms with E-state index in [1.165, 1.54) is 5.56 Å². The molecule has 0 aliphatic carbocycles. The van der Waals surface area contributed by atoms with Crippen LogP contribution >= 0.6 is 0 Å². The van der Waals surface area contributed by atoms with Crippen LogP contribution in [0.4, 0.5) is 5.69 Å². The van der Waals surface area contributed by atoms with Crippen molar-refractivity contribution in [2.24, 2.45) is 0 Å². The maximum absolute atomic E-state index is 4.47. The summed E-state index contributed by atoms with van der Waals surface area (Å²) in [5.41, 5.74) is 3.37. The van der Waals surface area contributed by atoms with E-state index in [2.05, 4.69) is 65.8 Å². The lowest BCUT2D eigenvalue weighted by molar-refractivity contribution is 0.886. The zero-order valence-electron chi connectivity index (χ0n) is 10.9. The summed E-state index contributed by atoms with van der Waals surface area (Å²) >= 11 is 0. The summed E-state index contributed by atoms with van der Waals surface area (Å²) < 4.78 is 0. The zero-order chi connectivity index (χ0) is 13.1. The van der Waals surface area contributed by atoms with Crippen molar-refractivity contribution in [3.05, 3.63) is 72.4 Å². The zero-order valence-corrected chi connectivity index (χ0v) is 10.9. The number of hydrogen-bond donors (Lipinski definition) is 1. The highest BCUT2D eigenvalue weighted by Gasteiger charge is 2.07. The molecule has 0 saturated heterocycles. The van der Waals surface area contributed by atoms with Gasteiger partial charge in [0.25, 0.3) is 0 Å². The van der Waals surface area contributed by atoms with Crippen molar-refractivity contribution in [3.63, 3.8) is 0 Å². The first-order chi connectivity index (χ1) is 9.34. The second-order valence-electron chi connectivity index (χ2n) is 4.66. The Bertz CT molecular complexity index is 672. The van der Waals surface area contributed by atoms with Crippen LogP contribution in [0, 0.1) is 0 Å². The van der Waals surface area contributed by atoms with Crippen LogP contribution in [0.5, 0.6) is 0 Å². The number of nitrogens with one attached hydrogen (secondary N) is 1. The molecule has 2 aromatic carbocycles. The Kier molecular flexibility index (Phi) is 3.15. The molecule has 0 radical (unpaired) electrons. The Labute approximate surface area is 113 Å². The average Bonchev–Trinajstić information content (AvgIpc) is 2.48. The molecule has 2 nitrogen and oxygen atoms in total. The summed E-state index contributed by atoms with van der Waals surface area (Å²) in [7, 11) is 0. The van der Waals surface area contributed by atoms with Gasteiger partial charge in [0.2, 0.25) is 0 Å². The fourth-order valence-corrected chi connectivity index (χ4v) is 2.28. The van der Waals surface area contributed by atoms with Crippen LogP contribution in [0.1, 0.15) is 18.5 Å². The van der Waals surface area contributed by atoms with Gasteiger partial charge in [-0.3, -0.25) is 4.98 Å². The first-order valence-corrected chi connectivity index (χ1v) is 6.50. The molecule has 2 heteroatoms. The average molecular weight is 248 g/mol. The molecule has 0 fully saturated rings. The van der Waals surface area contributed by atoms with Crippen LogP contribution in [0.25, 0.3) is 10.9 Å². The van der Waals surface area contributed by atoms with Crippen molar-refractivity contribution in [2.75, 3.05) is 5.32 Å². The van der Waals surface area contributed by atoms with E-state index in [0.29, 0.717) is 0 Å². The summed E-state index contributed by atoms with van der Waals surface area (Å²) in [4.78, 5) is 4.47. The van der Waals surface area contributed by atoms with Gasteiger partial charge >= 0.3 is 0 Å². The van der Waals surface area contributed by atoms with Crippen molar-refractivity contribution in [1.82, 2.24) is 4.98 Å². The number of nitrogens with zero attached hydrogens (tertiary/aromatic N) is 1. The molecule has 0 aliphatic heterocycles. The molecule has 0 bridgehead atoms. The van der Waals surface area contributed by atoms with Crippen LogP contribution in [0.2, 0.25) is 0 Å². The number of benzene rings is 2. The topological polar surface area (TPSA) is 24.9 Å². The highest BCUT2D eigenvalue weighted by molar-refractivity contribution is 5.90. The third-order valence-electron chi connectivity index (χ3n) is 3.30. The summed E-state index contributed by atoms with van der Waals surface area (Å²) in [5.74, 6) is 0. The van der Waals surface area contributed by atoms with E-state index in [-0.39, 0.29) is 6.04 Å². The van der Waals surface area contributed by atoms with Crippen molar-refractivity contribution in [1.29, 1.82) is 0 Å². The molecule has 1 unspecified atom stereocenters. The molecule has 3 rings (SSSR count). The Hall–Kier alpha value is -2.35. The maximum Gasteiger partial charge on any atom is 0.0933 e. The summed E-state index contributed by atoms with van der Waals surface area (Å²) in [6, 6.07) is 21.0.